The molecule has 0 unspecified atom stereocenters. The zero-order chi connectivity index (χ0) is 13.0. The maximum Gasteiger partial charge on any atom is 0.404 e. The number of aromatic nitrogens is 2. The van der Waals surface area contributed by atoms with E-state index in [1.54, 1.807) is 12.4 Å². The normalized spacial score (nSPS) is 10.1. The van der Waals surface area contributed by atoms with Crippen molar-refractivity contribution in [3.05, 3.63) is 47.5 Å². The summed E-state index contributed by atoms with van der Waals surface area (Å²) in [5.74, 6) is 0. The van der Waals surface area contributed by atoms with Crippen LogP contribution in [0.1, 0.15) is 5.56 Å². The van der Waals surface area contributed by atoms with Gasteiger partial charge in [-0.05, 0) is 28.8 Å². The van der Waals surface area contributed by atoms with Crippen LogP contribution in [-0.4, -0.2) is 21.2 Å². The quantitative estimate of drug-likeness (QED) is 0.835. The lowest BCUT2D eigenvalue weighted by molar-refractivity contribution is 0.194. The molecule has 0 radical (unpaired) electrons. The Balaban J connectivity index is 2.21. The standard InChI is InChI=1S/C12H10ClN3O2/c13-11-14-6-10(7-15-11)9-3-1-2-8(4-9)5-16-12(17)18/h1-4,6-7,16H,5H2,(H,17,18). The van der Waals surface area contributed by atoms with Crippen molar-refractivity contribution in [1.82, 2.24) is 15.3 Å². The van der Waals surface area contributed by atoms with Gasteiger partial charge >= 0.3 is 6.09 Å². The van der Waals surface area contributed by atoms with E-state index in [0.717, 1.165) is 16.7 Å². The second-order valence-electron chi connectivity index (χ2n) is 3.60. The average Bonchev–Trinajstić information content (AvgIpc) is 2.37. The Bertz CT molecular complexity index is 558. The number of nitrogens with zero attached hydrogens (tertiary/aromatic N) is 2. The Morgan fingerprint density at radius 2 is 2.00 bits per heavy atom. The molecule has 0 aliphatic heterocycles. The molecule has 0 aliphatic rings. The first-order valence-electron chi connectivity index (χ1n) is 5.19. The summed E-state index contributed by atoms with van der Waals surface area (Å²) in [4.78, 5) is 18.2. The van der Waals surface area contributed by atoms with Crippen molar-refractivity contribution in [3.8, 4) is 11.1 Å². The molecular weight excluding hydrogens is 254 g/mol. The van der Waals surface area contributed by atoms with Crippen LogP contribution in [0.4, 0.5) is 4.79 Å². The number of benzene rings is 1. The van der Waals surface area contributed by atoms with Gasteiger partial charge in [-0.25, -0.2) is 14.8 Å². The number of halogens is 1. The van der Waals surface area contributed by atoms with Crippen molar-refractivity contribution < 1.29 is 9.90 Å². The molecule has 1 amide bonds. The van der Waals surface area contributed by atoms with Crippen molar-refractivity contribution in [2.75, 3.05) is 0 Å². The van der Waals surface area contributed by atoms with Gasteiger partial charge in [-0.2, -0.15) is 0 Å². The van der Waals surface area contributed by atoms with Gasteiger partial charge in [0, 0.05) is 24.5 Å². The number of nitrogens with one attached hydrogen (secondary N) is 1. The Morgan fingerprint density at radius 1 is 1.28 bits per heavy atom. The number of amides is 1. The summed E-state index contributed by atoms with van der Waals surface area (Å²) in [6, 6.07) is 7.47. The Morgan fingerprint density at radius 3 is 2.67 bits per heavy atom. The summed E-state index contributed by atoms with van der Waals surface area (Å²) in [5.41, 5.74) is 2.61. The molecule has 1 heterocycles. The first-order valence-corrected chi connectivity index (χ1v) is 5.56. The lowest BCUT2D eigenvalue weighted by atomic mass is 10.1. The third-order valence-electron chi connectivity index (χ3n) is 2.32. The number of hydrogen-bond acceptors (Lipinski definition) is 3. The van der Waals surface area contributed by atoms with Gasteiger partial charge in [0.15, 0.2) is 0 Å². The minimum absolute atomic E-state index is 0.197. The van der Waals surface area contributed by atoms with Crippen molar-refractivity contribution in [1.29, 1.82) is 0 Å². The zero-order valence-electron chi connectivity index (χ0n) is 9.30. The van der Waals surface area contributed by atoms with Crippen LogP contribution >= 0.6 is 11.6 Å². The van der Waals surface area contributed by atoms with Crippen LogP contribution in [-0.2, 0) is 6.54 Å². The molecule has 1 aromatic carbocycles. The monoisotopic (exact) mass is 263 g/mol. The molecule has 92 valence electrons. The average molecular weight is 264 g/mol. The van der Waals surface area contributed by atoms with E-state index in [2.05, 4.69) is 15.3 Å². The summed E-state index contributed by atoms with van der Waals surface area (Å²) in [6.07, 6.45) is 2.20. The molecule has 0 atom stereocenters. The van der Waals surface area contributed by atoms with Crippen LogP contribution in [0, 0.1) is 0 Å². The van der Waals surface area contributed by atoms with E-state index < -0.39 is 6.09 Å². The molecule has 6 heteroatoms. The summed E-state index contributed by atoms with van der Waals surface area (Å²) >= 11 is 5.62. The van der Waals surface area contributed by atoms with E-state index in [1.807, 2.05) is 24.3 Å². The molecule has 0 bridgehead atoms. The zero-order valence-corrected chi connectivity index (χ0v) is 10.1. The highest BCUT2D eigenvalue weighted by atomic mass is 35.5. The fourth-order valence-electron chi connectivity index (χ4n) is 1.50. The van der Waals surface area contributed by atoms with E-state index in [9.17, 15) is 4.79 Å². The van der Waals surface area contributed by atoms with E-state index in [0.29, 0.717) is 0 Å². The van der Waals surface area contributed by atoms with Crippen molar-refractivity contribution >= 4 is 17.7 Å². The number of hydrogen-bond donors (Lipinski definition) is 2. The number of carboxylic acid groups (broad SMARTS) is 1. The molecular formula is C12H10ClN3O2. The van der Waals surface area contributed by atoms with Crippen molar-refractivity contribution in [3.63, 3.8) is 0 Å². The highest BCUT2D eigenvalue weighted by Crippen LogP contribution is 2.19. The topological polar surface area (TPSA) is 75.1 Å². The van der Waals surface area contributed by atoms with Crippen LogP contribution in [0.5, 0.6) is 0 Å². The lowest BCUT2D eigenvalue weighted by Crippen LogP contribution is -2.19. The summed E-state index contributed by atoms with van der Waals surface area (Å²) in [6.45, 7) is 0.262. The van der Waals surface area contributed by atoms with Gasteiger partial charge in [0.25, 0.3) is 0 Å². The highest BCUT2D eigenvalue weighted by Gasteiger charge is 2.02. The number of rotatable bonds is 3. The van der Waals surface area contributed by atoms with Gasteiger partial charge in [0.1, 0.15) is 0 Å². The molecule has 0 aliphatic carbocycles. The second-order valence-corrected chi connectivity index (χ2v) is 3.94. The summed E-state index contributed by atoms with van der Waals surface area (Å²) < 4.78 is 0. The molecule has 0 spiro atoms. The van der Waals surface area contributed by atoms with E-state index >= 15 is 0 Å². The third-order valence-corrected chi connectivity index (χ3v) is 2.52. The minimum Gasteiger partial charge on any atom is -0.465 e. The van der Waals surface area contributed by atoms with E-state index in [-0.39, 0.29) is 11.8 Å². The lowest BCUT2D eigenvalue weighted by Gasteiger charge is -2.05. The van der Waals surface area contributed by atoms with E-state index in [4.69, 9.17) is 16.7 Å². The second kappa shape index (κ2) is 5.46. The van der Waals surface area contributed by atoms with Gasteiger partial charge in [0.05, 0.1) is 0 Å². The van der Waals surface area contributed by atoms with Crippen LogP contribution in [0.2, 0.25) is 5.28 Å². The first kappa shape index (κ1) is 12.3. The van der Waals surface area contributed by atoms with Crippen molar-refractivity contribution in [2.24, 2.45) is 0 Å². The largest absolute Gasteiger partial charge is 0.465 e. The SMILES string of the molecule is O=C(O)NCc1cccc(-c2cnc(Cl)nc2)c1. The van der Waals surface area contributed by atoms with Crippen LogP contribution in [0.25, 0.3) is 11.1 Å². The van der Waals surface area contributed by atoms with Crippen LogP contribution in [0.3, 0.4) is 0 Å². The molecule has 18 heavy (non-hydrogen) atoms. The van der Waals surface area contributed by atoms with Gasteiger partial charge in [-0.3, -0.25) is 0 Å². The molecule has 2 aromatic rings. The Kier molecular flexibility index (Phi) is 3.74. The smallest absolute Gasteiger partial charge is 0.404 e. The molecule has 2 rings (SSSR count). The summed E-state index contributed by atoms with van der Waals surface area (Å²) in [7, 11) is 0. The van der Waals surface area contributed by atoms with Crippen molar-refractivity contribution in [2.45, 2.75) is 6.54 Å². The molecule has 0 fully saturated rings. The highest BCUT2D eigenvalue weighted by molar-refractivity contribution is 6.28. The Hall–Kier alpha value is -2.14. The fourth-order valence-corrected chi connectivity index (χ4v) is 1.60. The van der Waals surface area contributed by atoms with Gasteiger partial charge in [-0.15, -0.1) is 0 Å². The fraction of sp³-hybridized carbons (Fsp3) is 0.0833. The van der Waals surface area contributed by atoms with E-state index in [1.165, 1.54) is 0 Å². The van der Waals surface area contributed by atoms with Gasteiger partial charge in [-0.1, -0.05) is 18.2 Å². The van der Waals surface area contributed by atoms with Crippen LogP contribution < -0.4 is 5.32 Å². The number of carbonyl (C=O) groups is 1. The first-order chi connectivity index (χ1) is 8.65. The van der Waals surface area contributed by atoms with Crippen LogP contribution in [0.15, 0.2) is 36.7 Å². The minimum atomic E-state index is -1.05. The predicted molar refractivity (Wildman–Crippen MR) is 67.3 cm³/mol. The molecule has 0 saturated carbocycles. The Labute approximate surface area is 108 Å². The van der Waals surface area contributed by atoms with Gasteiger partial charge in [0.2, 0.25) is 5.28 Å². The van der Waals surface area contributed by atoms with Gasteiger partial charge < -0.3 is 10.4 Å². The molecule has 2 N–H and O–H groups in total. The predicted octanol–water partition coefficient (Wildman–Crippen LogP) is 2.56. The summed E-state index contributed by atoms with van der Waals surface area (Å²) in [5, 5.41) is 11.1. The molecule has 1 aromatic heterocycles. The molecule has 5 nitrogen and oxygen atoms in total. The maximum absolute atomic E-state index is 10.4. The third kappa shape index (κ3) is 3.18. The maximum atomic E-state index is 10.4. The molecule has 0 saturated heterocycles.